The number of hydrogen-bond acceptors (Lipinski definition) is 4. The molecule has 0 fully saturated rings. The first-order chi connectivity index (χ1) is 9.86. The second-order valence-electron chi connectivity index (χ2n) is 4.92. The van der Waals surface area contributed by atoms with Crippen molar-refractivity contribution in [3.8, 4) is 0 Å². The molecular formula is C16H22N4. The van der Waals surface area contributed by atoms with Crippen LogP contribution >= 0.6 is 0 Å². The Hall–Kier alpha value is -1.78. The van der Waals surface area contributed by atoms with Gasteiger partial charge >= 0.3 is 0 Å². The van der Waals surface area contributed by atoms with E-state index in [2.05, 4.69) is 28.0 Å². The van der Waals surface area contributed by atoms with Crippen molar-refractivity contribution in [3.63, 3.8) is 0 Å². The highest BCUT2D eigenvalue weighted by atomic mass is 15.2. The van der Waals surface area contributed by atoms with E-state index in [0.29, 0.717) is 0 Å². The quantitative estimate of drug-likeness (QED) is 0.334. The zero-order chi connectivity index (χ0) is 14.2. The molecule has 4 heteroatoms. The fourth-order valence-electron chi connectivity index (χ4n) is 2.44. The lowest BCUT2D eigenvalue weighted by Crippen LogP contribution is -2.28. The normalized spacial score (nSPS) is 12.4. The van der Waals surface area contributed by atoms with Crippen molar-refractivity contribution in [2.45, 2.75) is 38.1 Å². The highest BCUT2D eigenvalue weighted by Crippen LogP contribution is 2.24. The molecule has 1 atom stereocenters. The minimum atomic E-state index is 0.124. The number of aromatic nitrogens is 2. The van der Waals surface area contributed by atoms with Crippen molar-refractivity contribution in [2.24, 2.45) is 5.84 Å². The second kappa shape index (κ2) is 7.72. The van der Waals surface area contributed by atoms with Gasteiger partial charge in [0.2, 0.25) is 0 Å². The van der Waals surface area contributed by atoms with Crippen LogP contribution in [-0.4, -0.2) is 9.97 Å². The number of benzene rings is 1. The highest BCUT2D eigenvalue weighted by molar-refractivity contribution is 5.78. The van der Waals surface area contributed by atoms with Crippen LogP contribution in [0.3, 0.4) is 0 Å². The summed E-state index contributed by atoms with van der Waals surface area (Å²) in [5.41, 5.74) is 5.89. The lowest BCUT2D eigenvalue weighted by atomic mass is 9.99. The maximum absolute atomic E-state index is 5.72. The minimum absolute atomic E-state index is 0.124. The summed E-state index contributed by atoms with van der Waals surface area (Å²) in [6.07, 6.45) is 11.0. The van der Waals surface area contributed by atoms with Crippen LogP contribution in [-0.2, 0) is 0 Å². The van der Waals surface area contributed by atoms with E-state index in [1.165, 1.54) is 12.8 Å². The molecule has 1 aromatic carbocycles. The summed E-state index contributed by atoms with van der Waals surface area (Å²) in [6, 6.07) is 6.18. The van der Waals surface area contributed by atoms with Gasteiger partial charge in [0.25, 0.3) is 0 Å². The molecule has 20 heavy (non-hydrogen) atoms. The van der Waals surface area contributed by atoms with Crippen LogP contribution in [0.1, 0.15) is 43.7 Å². The molecule has 3 N–H and O–H groups in total. The van der Waals surface area contributed by atoms with Gasteiger partial charge in [-0.25, -0.2) is 0 Å². The predicted molar refractivity (Wildman–Crippen MR) is 82.9 cm³/mol. The van der Waals surface area contributed by atoms with Crippen molar-refractivity contribution in [3.05, 3.63) is 48.8 Å². The van der Waals surface area contributed by atoms with Gasteiger partial charge in [-0.15, -0.1) is 6.58 Å². The van der Waals surface area contributed by atoms with E-state index in [-0.39, 0.29) is 6.04 Å². The largest absolute Gasteiger partial charge is 0.271 e. The van der Waals surface area contributed by atoms with Crippen LogP contribution in [0.15, 0.2) is 43.2 Å². The molecule has 0 aliphatic heterocycles. The predicted octanol–water partition coefficient (Wildman–Crippen LogP) is 3.27. The van der Waals surface area contributed by atoms with E-state index in [1.54, 1.807) is 12.4 Å². The van der Waals surface area contributed by atoms with Crippen LogP contribution in [0.25, 0.3) is 11.0 Å². The third kappa shape index (κ3) is 3.62. The van der Waals surface area contributed by atoms with Gasteiger partial charge in [0.1, 0.15) is 0 Å². The Bertz CT molecular complexity index is 548. The number of hydrogen-bond donors (Lipinski definition) is 2. The first-order valence-corrected chi connectivity index (χ1v) is 7.13. The molecule has 4 nitrogen and oxygen atoms in total. The third-order valence-corrected chi connectivity index (χ3v) is 3.51. The number of nitrogens with one attached hydrogen (secondary N) is 1. The maximum Gasteiger partial charge on any atom is 0.0935 e. The molecule has 1 unspecified atom stereocenters. The van der Waals surface area contributed by atoms with Crippen LogP contribution < -0.4 is 11.3 Å². The first-order valence-electron chi connectivity index (χ1n) is 7.13. The van der Waals surface area contributed by atoms with E-state index in [9.17, 15) is 0 Å². The zero-order valence-corrected chi connectivity index (χ0v) is 11.8. The molecule has 1 heterocycles. The lowest BCUT2D eigenvalue weighted by Gasteiger charge is -2.17. The molecule has 0 aliphatic rings. The van der Waals surface area contributed by atoms with Gasteiger partial charge in [0.05, 0.1) is 11.0 Å². The van der Waals surface area contributed by atoms with E-state index in [0.717, 1.165) is 35.9 Å². The number of fused-ring (bicyclic) bond motifs is 1. The first kappa shape index (κ1) is 14.6. The number of para-hydroxylation sites is 1. The van der Waals surface area contributed by atoms with Crippen LogP contribution in [0.2, 0.25) is 0 Å². The summed E-state index contributed by atoms with van der Waals surface area (Å²) >= 11 is 0. The lowest BCUT2D eigenvalue weighted by molar-refractivity contribution is 0.486. The molecule has 106 valence electrons. The van der Waals surface area contributed by atoms with Gasteiger partial charge in [-0.2, -0.15) is 0 Å². The van der Waals surface area contributed by atoms with Gasteiger partial charge in [0, 0.05) is 18.4 Å². The van der Waals surface area contributed by atoms with Crippen LogP contribution in [0.4, 0.5) is 0 Å². The third-order valence-electron chi connectivity index (χ3n) is 3.51. The van der Waals surface area contributed by atoms with E-state index in [4.69, 9.17) is 5.84 Å². The number of nitrogens with two attached hydrogens (primary N) is 1. The summed E-state index contributed by atoms with van der Waals surface area (Å²) in [5, 5.41) is 0. The van der Waals surface area contributed by atoms with Gasteiger partial charge in [-0.1, -0.05) is 31.1 Å². The molecule has 2 rings (SSSR count). The minimum Gasteiger partial charge on any atom is -0.271 e. The van der Waals surface area contributed by atoms with Crippen molar-refractivity contribution >= 4 is 11.0 Å². The second-order valence-corrected chi connectivity index (χ2v) is 4.92. The Kier molecular flexibility index (Phi) is 5.65. The molecule has 1 aromatic heterocycles. The highest BCUT2D eigenvalue weighted by Gasteiger charge is 2.13. The monoisotopic (exact) mass is 270 g/mol. The van der Waals surface area contributed by atoms with Crippen molar-refractivity contribution in [2.75, 3.05) is 0 Å². The number of rotatable bonds is 8. The number of unbranched alkanes of at least 4 members (excludes halogenated alkanes) is 3. The van der Waals surface area contributed by atoms with Crippen molar-refractivity contribution < 1.29 is 0 Å². The summed E-state index contributed by atoms with van der Waals surface area (Å²) in [6.45, 7) is 3.74. The van der Waals surface area contributed by atoms with E-state index >= 15 is 0 Å². The molecule has 0 saturated heterocycles. The number of hydrazine groups is 1. The molecule has 2 aromatic rings. The molecular weight excluding hydrogens is 248 g/mol. The molecule has 0 amide bonds. The Morgan fingerprint density at radius 2 is 2.05 bits per heavy atom. The molecule has 0 spiro atoms. The molecule has 0 saturated carbocycles. The number of nitrogens with zero attached hydrogens (tertiary/aromatic N) is 2. The Labute approximate surface area is 120 Å². The van der Waals surface area contributed by atoms with E-state index < -0.39 is 0 Å². The zero-order valence-electron chi connectivity index (χ0n) is 11.8. The fraction of sp³-hybridized carbons (Fsp3) is 0.375. The van der Waals surface area contributed by atoms with E-state index in [1.807, 2.05) is 18.2 Å². The maximum atomic E-state index is 5.72. The fourth-order valence-corrected chi connectivity index (χ4v) is 2.44. The average molecular weight is 270 g/mol. The topological polar surface area (TPSA) is 63.8 Å². The van der Waals surface area contributed by atoms with Crippen LogP contribution in [0, 0.1) is 0 Å². The summed E-state index contributed by atoms with van der Waals surface area (Å²) in [5.74, 6) is 5.72. The summed E-state index contributed by atoms with van der Waals surface area (Å²) in [4.78, 5) is 8.77. The Balaban J connectivity index is 2.07. The van der Waals surface area contributed by atoms with Gasteiger partial charge in [-0.05, 0) is 30.9 Å². The molecule has 0 radical (unpaired) electrons. The van der Waals surface area contributed by atoms with Crippen molar-refractivity contribution in [1.82, 2.24) is 15.4 Å². The molecule has 0 bridgehead atoms. The van der Waals surface area contributed by atoms with Gasteiger partial charge < -0.3 is 0 Å². The Morgan fingerprint density at radius 1 is 1.20 bits per heavy atom. The summed E-state index contributed by atoms with van der Waals surface area (Å²) in [7, 11) is 0. The van der Waals surface area contributed by atoms with Gasteiger partial charge in [-0.3, -0.25) is 21.2 Å². The van der Waals surface area contributed by atoms with Crippen LogP contribution in [0.5, 0.6) is 0 Å². The standard InChI is InChI=1S/C16H22N4/c1-2-3-4-5-6-9-14(20-17)13-8-7-10-15-16(13)19-12-11-18-15/h2,7-8,10-12,14,20H,1,3-6,9,17H2. The molecule has 0 aliphatic carbocycles. The average Bonchev–Trinajstić information content (AvgIpc) is 2.51. The summed E-state index contributed by atoms with van der Waals surface area (Å²) < 4.78 is 0. The van der Waals surface area contributed by atoms with Gasteiger partial charge in [0.15, 0.2) is 0 Å². The number of allylic oxidation sites excluding steroid dienone is 1. The smallest absolute Gasteiger partial charge is 0.0935 e. The van der Waals surface area contributed by atoms with Crippen molar-refractivity contribution in [1.29, 1.82) is 0 Å². The SMILES string of the molecule is C=CCCCCCC(NN)c1cccc2nccnc12. The Morgan fingerprint density at radius 3 is 2.85 bits per heavy atom.